The molecule has 1 aliphatic rings. The molecule has 0 aromatic carbocycles. The molecule has 1 saturated heterocycles. The lowest BCUT2D eigenvalue weighted by atomic mass is 10.0. The van der Waals surface area contributed by atoms with Crippen LogP contribution in [0.15, 0.2) is 12.5 Å². The SMILES string of the molecule is CC(Nc1ncncc1I)C1CCOC1. The summed E-state index contributed by atoms with van der Waals surface area (Å²) in [5, 5.41) is 3.41. The van der Waals surface area contributed by atoms with Gasteiger partial charge in [0.15, 0.2) is 0 Å². The number of aromatic nitrogens is 2. The van der Waals surface area contributed by atoms with E-state index in [1.165, 1.54) is 0 Å². The lowest BCUT2D eigenvalue weighted by Gasteiger charge is -2.20. The number of ether oxygens (including phenoxy) is 1. The Morgan fingerprint density at radius 2 is 2.53 bits per heavy atom. The second-order valence-electron chi connectivity index (χ2n) is 3.78. The van der Waals surface area contributed by atoms with Crippen LogP contribution >= 0.6 is 22.6 Å². The summed E-state index contributed by atoms with van der Waals surface area (Å²) >= 11 is 2.24. The van der Waals surface area contributed by atoms with Crippen molar-refractivity contribution in [2.75, 3.05) is 18.5 Å². The molecule has 1 aromatic heterocycles. The van der Waals surface area contributed by atoms with Crippen LogP contribution in [0, 0.1) is 9.49 Å². The van der Waals surface area contributed by atoms with Crippen LogP contribution in [-0.4, -0.2) is 29.2 Å². The summed E-state index contributed by atoms with van der Waals surface area (Å²) < 4.78 is 6.43. The van der Waals surface area contributed by atoms with E-state index in [0.717, 1.165) is 29.0 Å². The van der Waals surface area contributed by atoms with Gasteiger partial charge >= 0.3 is 0 Å². The summed E-state index contributed by atoms with van der Waals surface area (Å²) in [6.07, 6.45) is 4.52. The molecule has 1 fully saturated rings. The third kappa shape index (κ3) is 2.78. The Hall–Kier alpha value is -0.430. The Bertz CT molecular complexity index is 328. The minimum Gasteiger partial charge on any atom is -0.381 e. The maximum absolute atomic E-state index is 5.37. The molecule has 2 unspecified atom stereocenters. The fourth-order valence-electron chi connectivity index (χ4n) is 1.70. The van der Waals surface area contributed by atoms with Gasteiger partial charge in [-0.3, -0.25) is 0 Å². The highest BCUT2D eigenvalue weighted by molar-refractivity contribution is 14.1. The fourth-order valence-corrected chi connectivity index (χ4v) is 2.16. The van der Waals surface area contributed by atoms with E-state index in [0.29, 0.717) is 12.0 Å². The zero-order valence-corrected chi connectivity index (χ0v) is 10.8. The van der Waals surface area contributed by atoms with E-state index < -0.39 is 0 Å². The molecule has 2 heterocycles. The fraction of sp³-hybridized carbons (Fsp3) is 0.600. The van der Waals surface area contributed by atoms with Gasteiger partial charge in [-0.05, 0) is 35.9 Å². The highest BCUT2D eigenvalue weighted by atomic mass is 127. The molecule has 4 nitrogen and oxygen atoms in total. The molecule has 15 heavy (non-hydrogen) atoms. The molecule has 82 valence electrons. The van der Waals surface area contributed by atoms with Gasteiger partial charge in [-0.1, -0.05) is 0 Å². The van der Waals surface area contributed by atoms with Gasteiger partial charge < -0.3 is 10.1 Å². The van der Waals surface area contributed by atoms with Crippen LogP contribution < -0.4 is 5.32 Å². The van der Waals surface area contributed by atoms with Crippen molar-refractivity contribution in [3.63, 3.8) is 0 Å². The van der Waals surface area contributed by atoms with Crippen LogP contribution in [0.25, 0.3) is 0 Å². The van der Waals surface area contributed by atoms with Gasteiger partial charge in [0.05, 0.1) is 10.2 Å². The molecule has 1 aliphatic heterocycles. The molecule has 1 N–H and O–H groups in total. The Balaban J connectivity index is 1.99. The second-order valence-corrected chi connectivity index (χ2v) is 4.94. The third-order valence-electron chi connectivity index (χ3n) is 2.70. The lowest BCUT2D eigenvalue weighted by molar-refractivity contribution is 0.183. The van der Waals surface area contributed by atoms with Gasteiger partial charge in [0.2, 0.25) is 0 Å². The lowest BCUT2D eigenvalue weighted by Crippen LogP contribution is -2.27. The highest BCUT2D eigenvalue weighted by Gasteiger charge is 2.22. The van der Waals surface area contributed by atoms with Gasteiger partial charge in [0, 0.05) is 24.8 Å². The number of hydrogen-bond donors (Lipinski definition) is 1. The monoisotopic (exact) mass is 319 g/mol. The quantitative estimate of drug-likeness (QED) is 0.865. The van der Waals surface area contributed by atoms with Crippen molar-refractivity contribution in [1.29, 1.82) is 0 Å². The van der Waals surface area contributed by atoms with Crippen LogP contribution in [0.4, 0.5) is 5.82 Å². The molecule has 0 amide bonds. The first-order chi connectivity index (χ1) is 7.27. The van der Waals surface area contributed by atoms with Gasteiger partial charge in [-0.15, -0.1) is 0 Å². The first-order valence-electron chi connectivity index (χ1n) is 5.07. The molecule has 0 saturated carbocycles. The van der Waals surface area contributed by atoms with Crippen molar-refractivity contribution in [3.05, 3.63) is 16.1 Å². The van der Waals surface area contributed by atoms with Gasteiger partial charge in [0.1, 0.15) is 12.1 Å². The Morgan fingerprint density at radius 3 is 3.20 bits per heavy atom. The summed E-state index contributed by atoms with van der Waals surface area (Å²) in [4.78, 5) is 8.19. The van der Waals surface area contributed by atoms with E-state index >= 15 is 0 Å². The average Bonchev–Trinajstić information content (AvgIpc) is 2.74. The normalized spacial score (nSPS) is 22.7. The molecular formula is C10H14IN3O. The summed E-state index contributed by atoms with van der Waals surface area (Å²) in [6.45, 7) is 3.92. The molecule has 0 aliphatic carbocycles. The van der Waals surface area contributed by atoms with Crippen molar-refractivity contribution >= 4 is 28.4 Å². The van der Waals surface area contributed by atoms with E-state index in [-0.39, 0.29) is 0 Å². The zero-order chi connectivity index (χ0) is 10.7. The molecule has 2 rings (SSSR count). The Labute approximate surface area is 103 Å². The van der Waals surface area contributed by atoms with E-state index in [4.69, 9.17) is 4.74 Å². The molecule has 0 bridgehead atoms. The molecule has 0 spiro atoms. The van der Waals surface area contributed by atoms with Crippen molar-refractivity contribution in [3.8, 4) is 0 Å². The smallest absolute Gasteiger partial charge is 0.143 e. The first kappa shape index (κ1) is 11.1. The van der Waals surface area contributed by atoms with Crippen LogP contribution in [0.3, 0.4) is 0 Å². The number of anilines is 1. The van der Waals surface area contributed by atoms with Crippen molar-refractivity contribution in [2.24, 2.45) is 5.92 Å². The van der Waals surface area contributed by atoms with E-state index in [1.54, 1.807) is 6.33 Å². The number of nitrogens with one attached hydrogen (secondary N) is 1. The standard InChI is InChI=1S/C10H14IN3O/c1-7(8-2-3-15-5-8)14-10-9(11)4-12-6-13-10/h4,6-8H,2-3,5H2,1H3,(H,12,13,14). The summed E-state index contributed by atoms with van der Waals surface area (Å²) in [5.41, 5.74) is 0. The molecule has 5 heteroatoms. The molecular weight excluding hydrogens is 305 g/mol. The largest absolute Gasteiger partial charge is 0.381 e. The van der Waals surface area contributed by atoms with Crippen molar-refractivity contribution in [1.82, 2.24) is 9.97 Å². The predicted molar refractivity (Wildman–Crippen MR) is 66.8 cm³/mol. The summed E-state index contributed by atoms with van der Waals surface area (Å²) in [5.74, 6) is 1.51. The van der Waals surface area contributed by atoms with Crippen LogP contribution in [-0.2, 0) is 4.74 Å². The van der Waals surface area contributed by atoms with E-state index in [2.05, 4.69) is 44.8 Å². The zero-order valence-electron chi connectivity index (χ0n) is 8.61. The average molecular weight is 319 g/mol. The Morgan fingerprint density at radius 1 is 1.67 bits per heavy atom. The van der Waals surface area contributed by atoms with Crippen molar-refractivity contribution in [2.45, 2.75) is 19.4 Å². The van der Waals surface area contributed by atoms with Crippen LogP contribution in [0.1, 0.15) is 13.3 Å². The van der Waals surface area contributed by atoms with Crippen molar-refractivity contribution < 1.29 is 4.74 Å². The van der Waals surface area contributed by atoms with E-state index in [1.807, 2.05) is 6.20 Å². The maximum atomic E-state index is 5.37. The first-order valence-corrected chi connectivity index (χ1v) is 6.15. The number of hydrogen-bond acceptors (Lipinski definition) is 4. The highest BCUT2D eigenvalue weighted by Crippen LogP contribution is 2.21. The molecule has 0 radical (unpaired) electrons. The number of rotatable bonds is 3. The van der Waals surface area contributed by atoms with Gasteiger partial charge in [-0.25, -0.2) is 9.97 Å². The van der Waals surface area contributed by atoms with Gasteiger partial charge in [0.25, 0.3) is 0 Å². The summed E-state index contributed by atoms with van der Waals surface area (Å²) in [7, 11) is 0. The number of nitrogens with zero attached hydrogens (tertiary/aromatic N) is 2. The van der Waals surface area contributed by atoms with Crippen LogP contribution in [0.5, 0.6) is 0 Å². The topological polar surface area (TPSA) is 47.0 Å². The third-order valence-corrected chi connectivity index (χ3v) is 3.49. The molecule has 1 aromatic rings. The number of halogens is 1. The van der Waals surface area contributed by atoms with Crippen LogP contribution in [0.2, 0.25) is 0 Å². The minimum absolute atomic E-state index is 0.399. The second kappa shape index (κ2) is 5.07. The van der Waals surface area contributed by atoms with Gasteiger partial charge in [-0.2, -0.15) is 0 Å². The Kier molecular flexibility index (Phi) is 3.74. The predicted octanol–water partition coefficient (Wildman–Crippen LogP) is 1.92. The minimum atomic E-state index is 0.399. The summed E-state index contributed by atoms with van der Waals surface area (Å²) in [6, 6.07) is 0.399. The molecule has 2 atom stereocenters. The van der Waals surface area contributed by atoms with E-state index in [9.17, 15) is 0 Å². The maximum Gasteiger partial charge on any atom is 0.143 e.